The molecule has 2 aliphatic heterocycles. The van der Waals surface area contributed by atoms with Crippen LogP contribution >= 0.6 is 0 Å². The van der Waals surface area contributed by atoms with Crippen LogP contribution in [0.1, 0.15) is 41.5 Å². The van der Waals surface area contributed by atoms with Crippen molar-refractivity contribution in [3.05, 3.63) is 77.4 Å². The second-order valence-electron chi connectivity index (χ2n) is 10.9. The number of amides is 1. The summed E-state index contributed by atoms with van der Waals surface area (Å²) in [6.07, 6.45) is 7.56. The summed E-state index contributed by atoms with van der Waals surface area (Å²) in [7, 11) is 1.83. The van der Waals surface area contributed by atoms with Gasteiger partial charge in [-0.15, -0.1) is 6.58 Å². The molecule has 2 aliphatic carbocycles. The van der Waals surface area contributed by atoms with Crippen LogP contribution in [-0.4, -0.2) is 69.8 Å². The molecule has 2 aromatic carbocycles. The van der Waals surface area contributed by atoms with Crippen molar-refractivity contribution in [3.63, 3.8) is 0 Å². The van der Waals surface area contributed by atoms with E-state index in [-0.39, 0.29) is 23.7 Å². The van der Waals surface area contributed by atoms with Crippen LogP contribution < -0.4 is 4.74 Å². The standard InChI is InChI=1S/C30H34N2O4/c1-4-16-32-17-15-29-26-21-10-11-23(33)27(26)36-28(29)22(13-14-30(29,35)24(32)18-21)31(3)25(34)12-9-20-7-5-19(2)6-8-20/h4-12,22,24,28,33,35H,1,13-18H2,2-3H3/t22-,24-,28+,29+,30-/m1/s1. The maximum absolute atomic E-state index is 13.3. The summed E-state index contributed by atoms with van der Waals surface area (Å²) >= 11 is 0. The minimum Gasteiger partial charge on any atom is -0.504 e. The van der Waals surface area contributed by atoms with Crippen LogP contribution in [0.5, 0.6) is 11.5 Å². The summed E-state index contributed by atoms with van der Waals surface area (Å²) in [5.41, 5.74) is 2.59. The van der Waals surface area contributed by atoms with Crippen LogP contribution in [0.3, 0.4) is 0 Å². The fourth-order valence-corrected chi connectivity index (χ4v) is 7.51. The lowest BCUT2D eigenvalue weighted by atomic mass is 9.48. The molecule has 36 heavy (non-hydrogen) atoms. The highest BCUT2D eigenvalue weighted by molar-refractivity contribution is 5.92. The predicted octanol–water partition coefficient (Wildman–Crippen LogP) is 3.58. The highest BCUT2D eigenvalue weighted by Crippen LogP contribution is 2.65. The molecule has 2 N–H and O–H groups in total. The average molecular weight is 487 g/mol. The maximum atomic E-state index is 13.3. The van der Waals surface area contributed by atoms with Gasteiger partial charge in [0.15, 0.2) is 11.5 Å². The number of hydrogen-bond donors (Lipinski definition) is 2. The molecule has 1 spiro atoms. The van der Waals surface area contributed by atoms with E-state index in [4.69, 9.17) is 4.74 Å². The van der Waals surface area contributed by atoms with Gasteiger partial charge in [-0.2, -0.15) is 0 Å². The minimum atomic E-state index is -0.997. The molecular formula is C30H34N2O4. The molecule has 2 fully saturated rings. The molecule has 6 rings (SSSR count). The van der Waals surface area contributed by atoms with Crippen LogP contribution in [0, 0.1) is 6.92 Å². The highest BCUT2D eigenvalue weighted by Gasteiger charge is 2.73. The molecule has 1 amide bonds. The first-order valence-electron chi connectivity index (χ1n) is 12.9. The maximum Gasteiger partial charge on any atom is 0.246 e. The Balaban J connectivity index is 1.37. The normalized spacial score (nSPS) is 32.1. The number of rotatable bonds is 5. The SMILES string of the molecule is C=CCN1CC[C@]23c4c5ccc(O)c4O[C@H]2[C@H](N(C)C(=O)C=Cc2ccc(C)cc2)CC[C@@]3(O)[C@H]1C5. The molecule has 0 aromatic heterocycles. The zero-order valence-corrected chi connectivity index (χ0v) is 21.0. The lowest BCUT2D eigenvalue weighted by Crippen LogP contribution is -2.78. The predicted molar refractivity (Wildman–Crippen MR) is 139 cm³/mol. The topological polar surface area (TPSA) is 73.2 Å². The van der Waals surface area contributed by atoms with Crippen LogP contribution in [-0.2, 0) is 16.6 Å². The Kier molecular flexibility index (Phi) is 5.32. The lowest BCUT2D eigenvalue weighted by Gasteiger charge is -2.64. The zero-order chi connectivity index (χ0) is 25.2. The van der Waals surface area contributed by atoms with Gasteiger partial charge in [-0.3, -0.25) is 9.69 Å². The second-order valence-corrected chi connectivity index (χ2v) is 10.9. The fourth-order valence-electron chi connectivity index (χ4n) is 7.51. The zero-order valence-electron chi connectivity index (χ0n) is 21.0. The van der Waals surface area contributed by atoms with E-state index >= 15 is 0 Å². The van der Waals surface area contributed by atoms with Gasteiger partial charge in [0.25, 0.3) is 0 Å². The number of carbonyl (C=O) groups excluding carboxylic acids is 1. The van der Waals surface area contributed by atoms with Crippen molar-refractivity contribution in [1.29, 1.82) is 0 Å². The first-order chi connectivity index (χ1) is 17.3. The summed E-state index contributed by atoms with van der Waals surface area (Å²) in [6.45, 7) is 7.50. The van der Waals surface area contributed by atoms with Crippen molar-refractivity contribution in [1.82, 2.24) is 9.80 Å². The van der Waals surface area contributed by atoms with Crippen molar-refractivity contribution in [2.75, 3.05) is 20.1 Å². The number of piperidine rings is 1. The van der Waals surface area contributed by atoms with Gasteiger partial charge >= 0.3 is 0 Å². The Hall–Kier alpha value is -3.09. The number of aryl methyl sites for hydroxylation is 1. The number of benzene rings is 2. The number of likely N-dealkylation sites (N-methyl/N-ethyl adjacent to an activating group) is 1. The number of hydrogen-bond acceptors (Lipinski definition) is 5. The first kappa shape index (κ1) is 23.3. The molecule has 1 saturated carbocycles. The largest absolute Gasteiger partial charge is 0.504 e. The summed E-state index contributed by atoms with van der Waals surface area (Å²) in [5.74, 6) is 0.510. The number of nitrogens with zero attached hydrogens (tertiary/aromatic N) is 2. The van der Waals surface area contributed by atoms with E-state index in [2.05, 4.69) is 11.5 Å². The smallest absolute Gasteiger partial charge is 0.246 e. The van der Waals surface area contributed by atoms with Crippen molar-refractivity contribution in [2.45, 2.75) is 61.8 Å². The van der Waals surface area contributed by atoms with E-state index in [0.717, 1.165) is 29.8 Å². The number of phenols is 1. The Morgan fingerprint density at radius 2 is 2.03 bits per heavy atom. The summed E-state index contributed by atoms with van der Waals surface area (Å²) in [6, 6.07) is 11.5. The number of aliphatic hydroxyl groups is 1. The summed E-state index contributed by atoms with van der Waals surface area (Å²) in [4.78, 5) is 17.4. The van der Waals surface area contributed by atoms with E-state index in [1.165, 1.54) is 5.56 Å². The van der Waals surface area contributed by atoms with E-state index in [0.29, 0.717) is 31.4 Å². The molecule has 0 radical (unpaired) electrons. The van der Waals surface area contributed by atoms with E-state index < -0.39 is 17.1 Å². The number of carbonyl (C=O) groups is 1. The molecule has 6 heteroatoms. The van der Waals surface area contributed by atoms with Gasteiger partial charge in [0.1, 0.15) is 6.10 Å². The van der Waals surface area contributed by atoms with Crippen molar-refractivity contribution in [2.24, 2.45) is 0 Å². The monoisotopic (exact) mass is 486 g/mol. The molecule has 2 heterocycles. The van der Waals surface area contributed by atoms with Gasteiger partial charge in [0.05, 0.1) is 17.1 Å². The van der Waals surface area contributed by atoms with Gasteiger partial charge in [-0.05, 0) is 62.4 Å². The Bertz CT molecular complexity index is 1250. The van der Waals surface area contributed by atoms with Gasteiger partial charge in [-0.25, -0.2) is 0 Å². The molecular weight excluding hydrogens is 452 g/mol. The third-order valence-electron chi connectivity index (χ3n) is 9.25. The quantitative estimate of drug-likeness (QED) is 0.499. The number of phenolic OH excluding ortho intramolecular Hbond substituents is 1. The van der Waals surface area contributed by atoms with Gasteiger partial charge in [0.2, 0.25) is 5.91 Å². The summed E-state index contributed by atoms with van der Waals surface area (Å²) in [5, 5.41) is 23.2. The van der Waals surface area contributed by atoms with E-state index in [1.54, 1.807) is 17.0 Å². The van der Waals surface area contributed by atoms with Crippen molar-refractivity contribution < 1.29 is 19.7 Å². The van der Waals surface area contributed by atoms with Crippen LogP contribution in [0.4, 0.5) is 0 Å². The van der Waals surface area contributed by atoms with Crippen LogP contribution in [0.2, 0.25) is 0 Å². The fraction of sp³-hybridized carbons (Fsp3) is 0.433. The summed E-state index contributed by atoms with van der Waals surface area (Å²) < 4.78 is 6.56. The Morgan fingerprint density at radius 1 is 1.25 bits per heavy atom. The molecule has 1 saturated heterocycles. The number of ether oxygens (including phenoxy) is 1. The Morgan fingerprint density at radius 3 is 2.78 bits per heavy atom. The van der Waals surface area contributed by atoms with Gasteiger partial charge in [-0.1, -0.05) is 42.0 Å². The molecule has 2 bridgehead atoms. The highest BCUT2D eigenvalue weighted by atomic mass is 16.5. The van der Waals surface area contributed by atoms with Crippen molar-refractivity contribution in [3.8, 4) is 11.5 Å². The van der Waals surface area contributed by atoms with Gasteiger partial charge in [0, 0.05) is 31.3 Å². The lowest BCUT2D eigenvalue weighted by molar-refractivity contribution is -0.198. The van der Waals surface area contributed by atoms with Crippen LogP contribution in [0.25, 0.3) is 6.08 Å². The first-order valence-corrected chi connectivity index (χ1v) is 12.9. The molecule has 0 unspecified atom stereocenters. The van der Waals surface area contributed by atoms with Crippen molar-refractivity contribution >= 4 is 12.0 Å². The molecule has 4 aliphatic rings. The molecule has 6 nitrogen and oxygen atoms in total. The Labute approximate surface area is 212 Å². The third-order valence-corrected chi connectivity index (χ3v) is 9.25. The van der Waals surface area contributed by atoms with Crippen LogP contribution in [0.15, 0.2) is 55.1 Å². The third kappa shape index (κ3) is 3.07. The molecule has 188 valence electrons. The van der Waals surface area contributed by atoms with E-state index in [1.807, 2.05) is 56.5 Å². The van der Waals surface area contributed by atoms with E-state index in [9.17, 15) is 15.0 Å². The molecule has 2 aromatic rings. The number of aromatic hydroxyl groups is 1. The second kappa shape index (κ2) is 8.22. The average Bonchev–Trinajstić information content (AvgIpc) is 3.22. The molecule has 5 atom stereocenters. The van der Waals surface area contributed by atoms with Gasteiger partial charge < -0.3 is 19.8 Å². The number of likely N-dealkylation sites (tertiary alicyclic amines) is 1. The minimum absolute atomic E-state index is 0.0540.